The van der Waals surface area contributed by atoms with Crippen LogP contribution in [0.15, 0.2) is 30.5 Å². The van der Waals surface area contributed by atoms with Crippen LogP contribution in [0.4, 0.5) is 0 Å². The van der Waals surface area contributed by atoms with Crippen LogP contribution in [0.5, 0.6) is 0 Å². The van der Waals surface area contributed by atoms with Crippen molar-refractivity contribution in [3.8, 4) is 0 Å². The number of carbonyl (C=O) groups excluding carboxylic acids is 1. The lowest BCUT2D eigenvalue weighted by atomic mass is 9.94. The quantitative estimate of drug-likeness (QED) is 0.733. The van der Waals surface area contributed by atoms with Gasteiger partial charge in [0.15, 0.2) is 0 Å². The number of hydrogen-bond donors (Lipinski definition) is 3. The van der Waals surface area contributed by atoms with Crippen LogP contribution < -0.4 is 5.32 Å². The summed E-state index contributed by atoms with van der Waals surface area (Å²) in [6.45, 7) is 5.10. The first kappa shape index (κ1) is 15.6. The second-order valence-electron chi connectivity index (χ2n) is 6.00. The van der Waals surface area contributed by atoms with Gasteiger partial charge in [-0.3, -0.25) is 4.79 Å². The number of H-pyrrole nitrogens is 1. The van der Waals surface area contributed by atoms with Crippen LogP contribution in [0.25, 0.3) is 10.9 Å². The van der Waals surface area contributed by atoms with Crippen molar-refractivity contribution in [1.82, 2.24) is 10.3 Å². The number of fused-ring (bicyclic) bond motifs is 1. The van der Waals surface area contributed by atoms with Gasteiger partial charge in [0, 0.05) is 30.4 Å². The van der Waals surface area contributed by atoms with E-state index in [0.29, 0.717) is 23.9 Å². The number of aromatic nitrogens is 1. The molecule has 4 heteroatoms. The van der Waals surface area contributed by atoms with Crippen molar-refractivity contribution < 1.29 is 9.90 Å². The molecule has 1 aromatic heterocycles. The number of carbonyl (C=O) groups is 1. The van der Waals surface area contributed by atoms with E-state index in [1.807, 2.05) is 30.5 Å². The molecule has 2 rings (SSSR count). The minimum Gasteiger partial charge on any atom is -0.396 e. The molecule has 0 fully saturated rings. The highest BCUT2D eigenvalue weighted by Crippen LogP contribution is 2.16. The van der Waals surface area contributed by atoms with E-state index in [-0.39, 0.29) is 12.5 Å². The van der Waals surface area contributed by atoms with Crippen molar-refractivity contribution in [3.05, 3.63) is 36.0 Å². The molecule has 0 aliphatic carbocycles. The molecule has 1 heterocycles. The summed E-state index contributed by atoms with van der Waals surface area (Å²) >= 11 is 0. The van der Waals surface area contributed by atoms with Crippen molar-refractivity contribution in [3.63, 3.8) is 0 Å². The van der Waals surface area contributed by atoms with E-state index < -0.39 is 0 Å². The van der Waals surface area contributed by atoms with Crippen LogP contribution in [-0.4, -0.2) is 29.1 Å². The maximum absolute atomic E-state index is 12.2. The van der Waals surface area contributed by atoms with Gasteiger partial charge in [-0.2, -0.15) is 0 Å². The monoisotopic (exact) mass is 288 g/mol. The Labute approximate surface area is 125 Å². The molecule has 1 atom stereocenters. The van der Waals surface area contributed by atoms with Gasteiger partial charge in [0.25, 0.3) is 5.91 Å². The Morgan fingerprint density at radius 1 is 1.33 bits per heavy atom. The highest BCUT2D eigenvalue weighted by atomic mass is 16.3. The third kappa shape index (κ3) is 4.33. The van der Waals surface area contributed by atoms with Crippen molar-refractivity contribution >= 4 is 16.8 Å². The lowest BCUT2D eigenvalue weighted by molar-refractivity contribution is 0.0941. The maximum Gasteiger partial charge on any atom is 0.251 e. The van der Waals surface area contributed by atoms with E-state index in [9.17, 15) is 4.79 Å². The van der Waals surface area contributed by atoms with Gasteiger partial charge in [-0.15, -0.1) is 0 Å². The third-order valence-corrected chi connectivity index (χ3v) is 3.71. The first-order valence-corrected chi connectivity index (χ1v) is 7.56. The summed E-state index contributed by atoms with van der Waals surface area (Å²) < 4.78 is 0. The van der Waals surface area contributed by atoms with E-state index in [1.165, 1.54) is 0 Å². The number of hydrogen-bond acceptors (Lipinski definition) is 2. The highest BCUT2D eigenvalue weighted by Gasteiger charge is 2.13. The first-order chi connectivity index (χ1) is 10.1. The average molecular weight is 288 g/mol. The van der Waals surface area contributed by atoms with Gasteiger partial charge in [0.2, 0.25) is 0 Å². The van der Waals surface area contributed by atoms with E-state index in [2.05, 4.69) is 24.1 Å². The lowest BCUT2D eigenvalue weighted by Gasteiger charge is -2.18. The molecular weight excluding hydrogens is 264 g/mol. The minimum atomic E-state index is -0.0572. The van der Waals surface area contributed by atoms with Gasteiger partial charge < -0.3 is 15.4 Å². The normalized spacial score (nSPS) is 12.8. The molecule has 0 spiro atoms. The number of aliphatic hydroxyl groups is 1. The number of benzene rings is 1. The van der Waals surface area contributed by atoms with E-state index in [1.54, 1.807) is 0 Å². The van der Waals surface area contributed by atoms with E-state index in [0.717, 1.165) is 23.7 Å². The predicted octanol–water partition coefficient (Wildman–Crippen LogP) is 2.94. The molecule has 0 bridgehead atoms. The Kier molecular flexibility index (Phi) is 5.39. The zero-order valence-electron chi connectivity index (χ0n) is 12.7. The molecule has 0 aliphatic heterocycles. The minimum absolute atomic E-state index is 0.0572. The molecule has 1 aromatic carbocycles. The number of aromatic amines is 1. The van der Waals surface area contributed by atoms with Crippen molar-refractivity contribution in [1.29, 1.82) is 0 Å². The molecule has 0 aliphatic rings. The Morgan fingerprint density at radius 2 is 2.14 bits per heavy atom. The van der Waals surface area contributed by atoms with Gasteiger partial charge in [0.1, 0.15) is 0 Å². The van der Waals surface area contributed by atoms with Gasteiger partial charge in [0.05, 0.1) is 0 Å². The zero-order valence-corrected chi connectivity index (χ0v) is 12.7. The van der Waals surface area contributed by atoms with E-state index >= 15 is 0 Å². The van der Waals surface area contributed by atoms with Crippen LogP contribution in [0.3, 0.4) is 0 Å². The Hall–Kier alpha value is -1.81. The summed E-state index contributed by atoms with van der Waals surface area (Å²) in [5.41, 5.74) is 1.63. The van der Waals surface area contributed by atoms with Crippen LogP contribution >= 0.6 is 0 Å². The second kappa shape index (κ2) is 7.27. The Bertz CT molecular complexity index is 589. The maximum atomic E-state index is 12.2. The summed E-state index contributed by atoms with van der Waals surface area (Å²) in [4.78, 5) is 15.3. The molecule has 114 valence electrons. The number of aliphatic hydroxyl groups excluding tert-OH is 1. The molecule has 0 saturated carbocycles. The van der Waals surface area contributed by atoms with Gasteiger partial charge >= 0.3 is 0 Å². The molecule has 0 radical (unpaired) electrons. The van der Waals surface area contributed by atoms with E-state index in [4.69, 9.17) is 5.11 Å². The fraction of sp³-hybridized carbons (Fsp3) is 0.471. The molecule has 4 nitrogen and oxygen atoms in total. The fourth-order valence-electron chi connectivity index (χ4n) is 2.68. The van der Waals surface area contributed by atoms with Gasteiger partial charge in [-0.05, 0) is 48.3 Å². The smallest absolute Gasteiger partial charge is 0.251 e. The largest absolute Gasteiger partial charge is 0.396 e. The molecule has 21 heavy (non-hydrogen) atoms. The fourth-order valence-corrected chi connectivity index (χ4v) is 2.68. The Morgan fingerprint density at radius 3 is 2.86 bits per heavy atom. The van der Waals surface area contributed by atoms with Crippen LogP contribution in [0, 0.1) is 11.8 Å². The van der Waals surface area contributed by atoms with Crippen molar-refractivity contribution in [2.45, 2.75) is 26.7 Å². The summed E-state index contributed by atoms with van der Waals surface area (Å²) in [6.07, 6.45) is 3.61. The SMILES string of the molecule is CC(C)CC(CCO)CNC(=O)c1ccc2cc[nH]c2c1. The molecule has 0 saturated heterocycles. The molecule has 2 aromatic rings. The second-order valence-corrected chi connectivity index (χ2v) is 6.00. The van der Waals surface area contributed by atoms with Crippen LogP contribution in [0.1, 0.15) is 37.0 Å². The predicted molar refractivity (Wildman–Crippen MR) is 85.3 cm³/mol. The Balaban J connectivity index is 1.96. The van der Waals surface area contributed by atoms with Crippen molar-refractivity contribution in [2.75, 3.05) is 13.2 Å². The summed E-state index contributed by atoms with van der Waals surface area (Å²) in [5, 5.41) is 13.2. The molecule has 1 unspecified atom stereocenters. The summed E-state index contributed by atoms with van der Waals surface area (Å²) in [6, 6.07) is 7.64. The first-order valence-electron chi connectivity index (χ1n) is 7.56. The van der Waals surface area contributed by atoms with Crippen LogP contribution in [0.2, 0.25) is 0 Å². The molecule has 3 N–H and O–H groups in total. The molecular formula is C17H24N2O2. The topological polar surface area (TPSA) is 65.1 Å². The number of rotatable bonds is 7. The van der Waals surface area contributed by atoms with Crippen LogP contribution in [-0.2, 0) is 0 Å². The number of amides is 1. The average Bonchev–Trinajstić information content (AvgIpc) is 2.91. The van der Waals surface area contributed by atoms with Gasteiger partial charge in [-0.1, -0.05) is 19.9 Å². The highest BCUT2D eigenvalue weighted by molar-refractivity contribution is 5.97. The number of nitrogens with one attached hydrogen (secondary N) is 2. The molecule has 1 amide bonds. The lowest BCUT2D eigenvalue weighted by Crippen LogP contribution is -2.30. The third-order valence-electron chi connectivity index (χ3n) is 3.71. The zero-order chi connectivity index (χ0) is 15.2. The standard InChI is InChI=1S/C17H24N2O2/c1-12(2)9-13(6-8-20)11-19-17(21)15-4-3-14-5-7-18-16(14)10-15/h3-5,7,10,12-13,18,20H,6,8-9,11H2,1-2H3,(H,19,21). The van der Waals surface area contributed by atoms with Crippen molar-refractivity contribution in [2.24, 2.45) is 11.8 Å². The van der Waals surface area contributed by atoms with Gasteiger partial charge in [-0.25, -0.2) is 0 Å². The summed E-state index contributed by atoms with van der Waals surface area (Å²) in [5.74, 6) is 0.833. The summed E-state index contributed by atoms with van der Waals surface area (Å²) in [7, 11) is 0.